The van der Waals surface area contributed by atoms with Gasteiger partial charge >= 0.3 is 0 Å². The average molecular weight is 338 g/mol. The number of hydrogen-bond acceptors (Lipinski definition) is 3. The molecule has 4 heteroatoms. The Kier molecular flexibility index (Phi) is 3.12. The minimum Gasteiger partial charge on any atom is -0.269 e. The van der Waals surface area contributed by atoms with Gasteiger partial charge in [0.1, 0.15) is 0 Å². The molecule has 0 aliphatic carbocycles. The Morgan fingerprint density at radius 3 is 1.88 bits per heavy atom. The number of carbonyl (C=O) groups excluding carboxylic acids is 2. The zero-order chi connectivity index (χ0) is 17.7. The molecule has 5 rings (SSSR count). The molecule has 1 aromatic heterocycles. The number of hydrogen-bond donors (Lipinski definition) is 0. The summed E-state index contributed by atoms with van der Waals surface area (Å²) < 4.78 is 0. The van der Waals surface area contributed by atoms with Crippen molar-refractivity contribution in [2.75, 3.05) is 0 Å². The van der Waals surface area contributed by atoms with Crippen LogP contribution in [0.3, 0.4) is 0 Å². The Labute approximate surface area is 149 Å². The number of fused-ring (bicyclic) bond motifs is 4. The van der Waals surface area contributed by atoms with Crippen LogP contribution in [0.15, 0.2) is 72.8 Å². The van der Waals surface area contributed by atoms with E-state index in [0.29, 0.717) is 11.1 Å². The fourth-order valence-corrected chi connectivity index (χ4v) is 3.63. The Balaban J connectivity index is 1.66. The molecule has 2 heterocycles. The third kappa shape index (κ3) is 2.05. The number of para-hydroxylation sites is 1. The van der Waals surface area contributed by atoms with Gasteiger partial charge in [-0.15, -0.1) is 0 Å². The summed E-state index contributed by atoms with van der Waals surface area (Å²) in [4.78, 5) is 31.4. The molecule has 1 aliphatic rings. The van der Waals surface area contributed by atoms with Crippen LogP contribution in [0.5, 0.6) is 0 Å². The van der Waals surface area contributed by atoms with Crippen LogP contribution in [0.25, 0.3) is 21.7 Å². The number of pyridine rings is 1. The Morgan fingerprint density at radius 1 is 0.654 bits per heavy atom. The van der Waals surface area contributed by atoms with Gasteiger partial charge in [0.25, 0.3) is 11.8 Å². The summed E-state index contributed by atoms with van der Waals surface area (Å²) in [5.74, 6) is -0.519. The maximum atomic E-state index is 12.7. The Morgan fingerprint density at radius 2 is 1.19 bits per heavy atom. The van der Waals surface area contributed by atoms with Crippen molar-refractivity contribution >= 4 is 33.5 Å². The molecule has 0 fully saturated rings. The molecule has 0 bridgehead atoms. The highest BCUT2D eigenvalue weighted by Gasteiger charge is 2.35. The first-order valence-electron chi connectivity index (χ1n) is 8.45. The lowest BCUT2D eigenvalue weighted by molar-refractivity contribution is 0.0641. The lowest BCUT2D eigenvalue weighted by Crippen LogP contribution is -2.29. The minimum absolute atomic E-state index is 0.164. The second-order valence-corrected chi connectivity index (χ2v) is 6.36. The van der Waals surface area contributed by atoms with Gasteiger partial charge in [0, 0.05) is 10.8 Å². The fourth-order valence-electron chi connectivity index (χ4n) is 3.63. The average Bonchev–Trinajstić information content (AvgIpc) is 2.93. The minimum atomic E-state index is -0.260. The zero-order valence-corrected chi connectivity index (χ0v) is 13.8. The highest BCUT2D eigenvalue weighted by molar-refractivity contribution is 6.21. The molecular weight excluding hydrogens is 324 g/mol. The topological polar surface area (TPSA) is 50.3 Å². The summed E-state index contributed by atoms with van der Waals surface area (Å²) >= 11 is 0. The number of imide groups is 1. The molecule has 4 nitrogen and oxygen atoms in total. The Hall–Kier alpha value is -3.53. The van der Waals surface area contributed by atoms with E-state index >= 15 is 0 Å². The van der Waals surface area contributed by atoms with Crippen molar-refractivity contribution in [3.05, 3.63) is 89.6 Å². The second-order valence-electron chi connectivity index (χ2n) is 6.36. The molecule has 0 saturated carbocycles. The standard InChI is InChI=1S/C22H14N2O2/c25-21-17-10-3-4-11-18(17)22(26)24(21)13-20-16-9-2-1-7-14(16)15-8-5-6-12-19(15)23-20/h1-12H,13H2. The van der Waals surface area contributed by atoms with Crippen LogP contribution in [0.2, 0.25) is 0 Å². The molecule has 2 amide bonds. The molecule has 4 aromatic rings. The SMILES string of the molecule is O=C1c2ccccc2C(=O)N1Cc1nc2ccccc2c2ccccc12. The van der Waals surface area contributed by atoms with E-state index in [0.717, 1.165) is 27.4 Å². The number of rotatable bonds is 2. The first-order valence-corrected chi connectivity index (χ1v) is 8.45. The molecular formula is C22H14N2O2. The largest absolute Gasteiger partial charge is 0.269 e. The lowest BCUT2D eigenvalue weighted by Gasteiger charge is -2.16. The predicted octanol–water partition coefficient (Wildman–Crippen LogP) is 4.18. The third-order valence-corrected chi connectivity index (χ3v) is 4.87. The number of nitrogens with zero attached hydrogens (tertiary/aromatic N) is 2. The van der Waals surface area contributed by atoms with Crippen LogP contribution in [0.4, 0.5) is 0 Å². The van der Waals surface area contributed by atoms with Crippen LogP contribution < -0.4 is 0 Å². The first kappa shape index (κ1) is 14.8. The van der Waals surface area contributed by atoms with Crippen LogP contribution >= 0.6 is 0 Å². The highest BCUT2D eigenvalue weighted by Crippen LogP contribution is 2.29. The van der Waals surface area contributed by atoms with Crippen molar-refractivity contribution in [1.82, 2.24) is 9.88 Å². The van der Waals surface area contributed by atoms with Crippen LogP contribution in [-0.4, -0.2) is 21.7 Å². The van der Waals surface area contributed by atoms with Gasteiger partial charge in [-0.25, -0.2) is 0 Å². The van der Waals surface area contributed by atoms with Gasteiger partial charge in [0.15, 0.2) is 0 Å². The van der Waals surface area contributed by atoms with Gasteiger partial charge in [0.05, 0.1) is 28.9 Å². The van der Waals surface area contributed by atoms with Crippen molar-refractivity contribution < 1.29 is 9.59 Å². The van der Waals surface area contributed by atoms with Gasteiger partial charge in [-0.05, 0) is 23.6 Å². The van der Waals surface area contributed by atoms with Gasteiger partial charge in [-0.3, -0.25) is 19.5 Å². The van der Waals surface area contributed by atoms with Gasteiger partial charge in [-0.1, -0.05) is 54.6 Å². The van der Waals surface area contributed by atoms with E-state index in [-0.39, 0.29) is 18.4 Å². The van der Waals surface area contributed by atoms with Crippen molar-refractivity contribution in [2.45, 2.75) is 6.54 Å². The van der Waals surface area contributed by atoms with Crippen molar-refractivity contribution in [3.63, 3.8) is 0 Å². The monoisotopic (exact) mass is 338 g/mol. The number of carbonyl (C=O) groups is 2. The second kappa shape index (κ2) is 5.49. The summed E-state index contributed by atoms with van der Waals surface area (Å²) in [6.45, 7) is 0.164. The van der Waals surface area contributed by atoms with Crippen LogP contribution in [0, 0.1) is 0 Å². The quantitative estimate of drug-likeness (QED) is 0.407. The Bertz CT molecular complexity index is 1180. The van der Waals surface area contributed by atoms with E-state index in [1.54, 1.807) is 24.3 Å². The van der Waals surface area contributed by atoms with E-state index in [4.69, 9.17) is 4.98 Å². The maximum absolute atomic E-state index is 12.7. The number of amides is 2. The van der Waals surface area contributed by atoms with E-state index in [2.05, 4.69) is 0 Å². The van der Waals surface area contributed by atoms with Gasteiger partial charge in [-0.2, -0.15) is 0 Å². The van der Waals surface area contributed by atoms with Crippen molar-refractivity contribution in [3.8, 4) is 0 Å². The molecule has 0 saturated heterocycles. The molecule has 0 atom stereocenters. The molecule has 26 heavy (non-hydrogen) atoms. The third-order valence-electron chi connectivity index (χ3n) is 4.87. The predicted molar refractivity (Wildman–Crippen MR) is 99.9 cm³/mol. The molecule has 1 aliphatic heterocycles. The van der Waals surface area contributed by atoms with Crippen molar-refractivity contribution in [1.29, 1.82) is 0 Å². The lowest BCUT2D eigenvalue weighted by atomic mass is 10.0. The summed E-state index contributed by atoms with van der Waals surface area (Å²) in [7, 11) is 0. The van der Waals surface area contributed by atoms with Crippen LogP contribution in [-0.2, 0) is 6.54 Å². The highest BCUT2D eigenvalue weighted by atomic mass is 16.2. The molecule has 124 valence electrons. The van der Waals surface area contributed by atoms with Gasteiger partial charge in [0.2, 0.25) is 0 Å². The number of benzene rings is 3. The van der Waals surface area contributed by atoms with Crippen molar-refractivity contribution in [2.24, 2.45) is 0 Å². The smallest absolute Gasteiger partial charge is 0.261 e. The summed E-state index contributed by atoms with van der Waals surface area (Å²) in [5.41, 5.74) is 2.51. The zero-order valence-electron chi connectivity index (χ0n) is 13.8. The normalized spacial score (nSPS) is 13.6. The number of aromatic nitrogens is 1. The maximum Gasteiger partial charge on any atom is 0.261 e. The summed E-state index contributed by atoms with van der Waals surface area (Å²) in [5, 5.41) is 3.10. The van der Waals surface area contributed by atoms with E-state index in [1.807, 2.05) is 48.5 Å². The fraction of sp³-hybridized carbons (Fsp3) is 0.0455. The molecule has 3 aromatic carbocycles. The summed E-state index contributed by atoms with van der Waals surface area (Å²) in [6, 6.07) is 22.8. The van der Waals surface area contributed by atoms with E-state index in [1.165, 1.54) is 4.90 Å². The summed E-state index contributed by atoms with van der Waals surface area (Å²) in [6.07, 6.45) is 0. The molecule has 0 spiro atoms. The molecule has 0 radical (unpaired) electrons. The van der Waals surface area contributed by atoms with Crippen LogP contribution in [0.1, 0.15) is 26.4 Å². The van der Waals surface area contributed by atoms with E-state index in [9.17, 15) is 9.59 Å². The molecule has 0 N–H and O–H groups in total. The van der Waals surface area contributed by atoms with E-state index < -0.39 is 0 Å². The first-order chi connectivity index (χ1) is 12.7. The van der Waals surface area contributed by atoms with Gasteiger partial charge < -0.3 is 0 Å². The molecule has 0 unspecified atom stereocenters.